The molecule has 122 valence electrons. The Hall–Kier alpha value is -1.02. The van der Waals surface area contributed by atoms with Crippen LogP contribution in [0.3, 0.4) is 0 Å². The molecular weight excluding hydrogens is 304 g/mol. The van der Waals surface area contributed by atoms with Gasteiger partial charge in [-0.1, -0.05) is 0 Å². The summed E-state index contributed by atoms with van der Waals surface area (Å²) in [5.41, 5.74) is 0. The maximum absolute atomic E-state index is 12.7. The Kier molecular flexibility index (Phi) is 4.77. The molecule has 2 fully saturated rings. The second-order valence-electron chi connectivity index (χ2n) is 6.10. The van der Waals surface area contributed by atoms with Crippen molar-refractivity contribution in [3.63, 3.8) is 0 Å². The Bertz CT molecular complexity index is 500. The van der Waals surface area contributed by atoms with Crippen LogP contribution in [0.5, 0.6) is 0 Å². The van der Waals surface area contributed by atoms with E-state index in [2.05, 4.69) is 4.98 Å². The number of carbonyl (C=O) groups excluding carboxylic acids is 1. The van der Waals surface area contributed by atoms with Gasteiger partial charge < -0.3 is 19.1 Å². The number of hydrogen-bond acceptors (Lipinski definition) is 6. The summed E-state index contributed by atoms with van der Waals surface area (Å²) in [6.07, 6.45) is 3.06. The predicted octanol–water partition coefficient (Wildman–Crippen LogP) is 1.80. The molecule has 0 aliphatic carbocycles. The molecule has 0 unspecified atom stereocenters. The lowest BCUT2D eigenvalue weighted by atomic mass is 10.2. The van der Waals surface area contributed by atoms with E-state index < -0.39 is 5.79 Å². The molecule has 0 radical (unpaired) electrons. The Labute approximate surface area is 134 Å². The highest BCUT2D eigenvalue weighted by Gasteiger charge is 2.36. The highest BCUT2D eigenvalue weighted by molar-refractivity contribution is 7.09. The molecule has 2 saturated heterocycles. The Morgan fingerprint density at radius 2 is 2.41 bits per heavy atom. The van der Waals surface area contributed by atoms with Gasteiger partial charge in [-0.2, -0.15) is 0 Å². The number of aromatic nitrogens is 1. The van der Waals surface area contributed by atoms with Crippen molar-refractivity contribution in [2.24, 2.45) is 0 Å². The SMILES string of the molecule is CC1(C)OC[C@H](CN(Cc2nccs2)C(=O)[C@@H]2CCCO2)O1. The first-order valence-corrected chi connectivity index (χ1v) is 8.52. The van der Waals surface area contributed by atoms with E-state index in [-0.39, 0.29) is 18.1 Å². The van der Waals surface area contributed by atoms with Gasteiger partial charge in [-0.15, -0.1) is 11.3 Å². The largest absolute Gasteiger partial charge is 0.368 e. The number of rotatable bonds is 5. The molecule has 1 aromatic heterocycles. The van der Waals surface area contributed by atoms with Gasteiger partial charge in [-0.25, -0.2) is 4.98 Å². The van der Waals surface area contributed by atoms with E-state index >= 15 is 0 Å². The summed E-state index contributed by atoms with van der Waals surface area (Å²) < 4.78 is 17.0. The molecular formula is C15H22N2O4S. The molecule has 0 bridgehead atoms. The number of carbonyl (C=O) groups is 1. The molecule has 7 heteroatoms. The monoisotopic (exact) mass is 326 g/mol. The quantitative estimate of drug-likeness (QED) is 0.826. The number of nitrogens with zero attached hydrogens (tertiary/aromatic N) is 2. The van der Waals surface area contributed by atoms with E-state index in [4.69, 9.17) is 14.2 Å². The van der Waals surface area contributed by atoms with Gasteiger partial charge in [0.1, 0.15) is 17.2 Å². The van der Waals surface area contributed by atoms with Crippen LogP contribution in [0.25, 0.3) is 0 Å². The Morgan fingerprint density at radius 1 is 1.55 bits per heavy atom. The highest BCUT2D eigenvalue weighted by Crippen LogP contribution is 2.24. The van der Waals surface area contributed by atoms with Crippen molar-refractivity contribution in [2.45, 2.75) is 51.2 Å². The van der Waals surface area contributed by atoms with Crippen molar-refractivity contribution in [3.8, 4) is 0 Å². The van der Waals surface area contributed by atoms with Crippen LogP contribution in [0, 0.1) is 0 Å². The molecule has 3 heterocycles. The minimum atomic E-state index is -0.579. The van der Waals surface area contributed by atoms with E-state index in [9.17, 15) is 4.79 Å². The lowest BCUT2D eigenvalue weighted by Gasteiger charge is -2.27. The first-order chi connectivity index (χ1) is 10.5. The topological polar surface area (TPSA) is 60.9 Å². The average molecular weight is 326 g/mol. The lowest BCUT2D eigenvalue weighted by Crippen LogP contribution is -2.43. The van der Waals surface area contributed by atoms with Crippen molar-refractivity contribution >= 4 is 17.2 Å². The molecule has 6 nitrogen and oxygen atoms in total. The average Bonchev–Trinajstić information content (AvgIpc) is 3.19. The molecule has 1 amide bonds. The van der Waals surface area contributed by atoms with E-state index in [1.165, 1.54) is 0 Å². The van der Waals surface area contributed by atoms with Crippen molar-refractivity contribution < 1.29 is 19.0 Å². The van der Waals surface area contributed by atoms with E-state index in [0.717, 1.165) is 17.8 Å². The summed E-state index contributed by atoms with van der Waals surface area (Å²) in [7, 11) is 0. The number of thiazole rings is 1. The third-order valence-electron chi connectivity index (χ3n) is 3.82. The van der Waals surface area contributed by atoms with Gasteiger partial charge in [0.2, 0.25) is 0 Å². The van der Waals surface area contributed by atoms with E-state index in [1.54, 1.807) is 22.4 Å². The third kappa shape index (κ3) is 3.84. The summed E-state index contributed by atoms with van der Waals surface area (Å²) in [5.74, 6) is -0.550. The Balaban J connectivity index is 1.66. The zero-order valence-electron chi connectivity index (χ0n) is 13.0. The van der Waals surface area contributed by atoms with Crippen molar-refractivity contribution in [1.29, 1.82) is 0 Å². The maximum atomic E-state index is 12.7. The van der Waals surface area contributed by atoms with Gasteiger partial charge in [0.05, 0.1) is 13.2 Å². The van der Waals surface area contributed by atoms with Gasteiger partial charge in [-0.05, 0) is 26.7 Å². The molecule has 3 rings (SSSR count). The van der Waals surface area contributed by atoms with Crippen molar-refractivity contribution in [3.05, 3.63) is 16.6 Å². The van der Waals surface area contributed by atoms with Crippen LogP contribution in [0.4, 0.5) is 0 Å². The van der Waals surface area contributed by atoms with Crippen molar-refractivity contribution in [2.75, 3.05) is 19.8 Å². The zero-order chi connectivity index (χ0) is 15.6. The lowest BCUT2D eigenvalue weighted by molar-refractivity contribution is -0.151. The normalized spacial score (nSPS) is 27.2. The fourth-order valence-corrected chi connectivity index (χ4v) is 3.43. The fraction of sp³-hybridized carbons (Fsp3) is 0.733. The van der Waals surface area contributed by atoms with Crippen LogP contribution >= 0.6 is 11.3 Å². The molecule has 0 aromatic carbocycles. The fourth-order valence-electron chi connectivity index (χ4n) is 2.80. The summed E-state index contributed by atoms with van der Waals surface area (Å²) in [5, 5.41) is 2.84. The zero-order valence-corrected chi connectivity index (χ0v) is 13.8. The van der Waals surface area contributed by atoms with Gasteiger partial charge in [0, 0.05) is 24.7 Å². The number of hydrogen-bond donors (Lipinski definition) is 0. The highest BCUT2D eigenvalue weighted by atomic mass is 32.1. The molecule has 22 heavy (non-hydrogen) atoms. The molecule has 2 aliphatic rings. The minimum absolute atomic E-state index is 0.0287. The number of ether oxygens (including phenoxy) is 3. The smallest absolute Gasteiger partial charge is 0.252 e. The second kappa shape index (κ2) is 6.62. The molecule has 0 saturated carbocycles. The molecule has 0 spiro atoms. The predicted molar refractivity (Wildman–Crippen MR) is 81.4 cm³/mol. The third-order valence-corrected chi connectivity index (χ3v) is 4.58. The molecule has 0 N–H and O–H groups in total. The molecule has 2 aliphatic heterocycles. The van der Waals surface area contributed by atoms with Gasteiger partial charge in [0.15, 0.2) is 5.79 Å². The van der Waals surface area contributed by atoms with Crippen LogP contribution in [-0.2, 0) is 25.5 Å². The molecule has 1 aromatic rings. The van der Waals surface area contributed by atoms with Crippen LogP contribution < -0.4 is 0 Å². The summed E-state index contributed by atoms with van der Waals surface area (Å²) in [4.78, 5) is 18.8. The first kappa shape index (κ1) is 15.9. The number of amides is 1. The molecule has 2 atom stereocenters. The van der Waals surface area contributed by atoms with Crippen LogP contribution in [-0.4, -0.2) is 53.5 Å². The van der Waals surface area contributed by atoms with Crippen molar-refractivity contribution in [1.82, 2.24) is 9.88 Å². The van der Waals surface area contributed by atoms with E-state index in [1.807, 2.05) is 19.2 Å². The van der Waals surface area contributed by atoms with Gasteiger partial charge in [-0.3, -0.25) is 4.79 Å². The first-order valence-electron chi connectivity index (χ1n) is 7.64. The summed E-state index contributed by atoms with van der Waals surface area (Å²) in [6, 6.07) is 0. The van der Waals surface area contributed by atoms with Crippen LogP contribution in [0.15, 0.2) is 11.6 Å². The summed E-state index contributed by atoms with van der Waals surface area (Å²) in [6.45, 7) is 5.94. The standard InChI is InChI=1S/C15H22N2O4S/c1-15(2)20-10-11(21-15)8-17(9-13-16-5-7-22-13)14(18)12-4-3-6-19-12/h5,7,11-12H,3-4,6,8-10H2,1-2H3/t11-,12-/m0/s1. The maximum Gasteiger partial charge on any atom is 0.252 e. The van der Waals surface area contributed by atoms with E-state index in [0.29, 0.717) is 26.3 Å². The Morgan fingerprint density at radius 3 is 3.00 bits per heavy atom. The summed E-state index contributed by atoms with van der Waals surface area (Å²) >= 11 is 1.55. The van der Waals surface area contributed by atoms with Crippen LogP contribution in [0.1, 0.15) is 31.7 Å². The van der Waals surface area contributed by atoms with Crippen LogP contribution in [0.2, 0.25) is 0 Å². The minimum Gasteiger partial charge on any atom is -0.368 e. The second-order valence-corrected chi connectivity index (χ2v) is 7.08. The van der Waals surface area contributed by atoms with Gasteiger partial charge >= 0.3 is 0 Å². The van der Waals surface area contributed by atoms with Gasteiger partial charge in [0.25, 0.3) is 5.91 Å².